The van der Waals surface area contributed by atoms with E-state index in [0.717, 1.165) is 34.6 Å². The fourth-order valence-corrected chi connectivity index (χ4v) is 4.51. The second-order valence-corrected chi connectivity index (χ2v) is 10.3. The summed E-state index contributed by atoms with van der Waals surface area (Å²) in [4.78, 5) is 12.0. The maximum atomic E-state index is 12.0. The molecule has 2 aliphatic heterocycles. The predicted molar refractivity (Wildman–Crippen MR) is 132 cm³/mol. The number of ether oxygens (including phenoxy) is 5. The lowest BCUT2D eigenvalue weighted by molar-refractivity contribution is -0.184. The van der Waals surface area contributed by atoms with Crippen LogP contribution in [0.1, 0.15) is 62.5 Å². The molecule has 1 saturated heterocycles. The smallest absolute Gasteiger partial charge is 0.486 e. The van der Waals surface area contributed by atoms with Crippen LogP contribution in [0, 0.1) is 0 Å². The minimum atomic E-state index is -1.17. The van der Waals surface area contributed by atoms with Crippen LogP contribution in [0.3, 0.4) is 0 Å². The van der Waals surface area contributed by atoms with Crippen LogP contribution in [-0.4, -0.2) is 60.1 Å². The molecule has 0 saturated carbocycles. The number of rotatable bonds is 6. The Morgan fingerprint density at radius 1 is 1.03 bits per heavy atom. The average Bonchev–Trinajstić information content (AvgIpc) is 2.83. The maximum absolute atomic E-state index is 12.0. The zero-order valence-electron chi connectivity index (χ0n) is 21.4. The van der Waals surface area contributed by atoms with E-state index in [-0.39, 0.29) is 13.0 Å². The van der Waals surface area contributed by atoms with Crippen LogP contribution in [0.2, 0.25) is 0 Å². The zero-order valence-corrected chi connectivity index (χ0v) is 21.4. The first-order chi connectivity index (χ1) is 17.1. The molecule has 2 heterocycles. The lowest BCUT2D eigenvalue weighted by Crippen LogP contribution is -2.48. The van der Waals surface area contributed by atoms with Crippen molar-refractivity contribution in [2.45, 2.75) is 77.0 Å². The highest BCUT2D eigenvalue weighted by atomic mass is 16.7. The lowest BCUT2D eigenvalue weighted by atomic mass is 9.90. The second kappa shape index (κ2) is 11.1. The van der Waals surface area contributed by atoms with Crippen LogP contribution in [0.4, 0.5) is 4.79 Å². The Morgan fingerprint density at radius 3 is 2.50 bits per heavy atom. The van der Waals surface area contributed by atoms with Crippen molar-refractivity contribution in [1.29, 1.82) is 0 Å². The molecule has 2 N–H and O–H groups in total. The lowest BCUT2D eigenvalue weighted by Gasteiger charge is -2.37. The van der Waals surface area contributed by atoms with Gasteiger partial charge in [0, 0.05) is 6.42 Å². The molecular formula is C28H36O8. The summed E-state index contributed by atoms with van der Waals surface area (Å²) in [7, 11) is 0. The summed E-state index contributed by atoms with van der Waals surface area (Å²) in [5.74, 6) is 1.52. The topological polar surface area (TPSA) is 104 Å². The van der Waals surface area contributed by atoms with Crippen molar-refractivity contribution in [3.63, 3.8) is 0 Å². The molecule has 2 aromatic rings. The number of fused-ring (bicyclic) bond motifs is 1. The molecule has 1 fully saturated rings. The van der Waals surface area contributed by atoms with Crippen molar-refractivity contribution in [3.8, 4) is 11.5 Å². The van der Waals surface area contributed by atoms with Crippen LogP contribution in [0.15, 0.2) is 36.4 Å². The van der Waals surface area contributed by atoms with Crippen molar-refractivity contribution < 1.29 is 38.7 Å². The van der Waals surface area contributed by atoms with Crippen molar-refractivity contribution in [3.05, 3.63) is 58.7 Å². The Bertz CT molecular complexity index is 1060. The van der Waals surface area contributed by atoms with Gasteiger partial charge in [-0.2, -0.15) is 0 Å². The molecule has 0 aromatic heterocycles. The van der Waals surface area contributed by atoms with Crippen LogP contribution >= 0.6 is 0 Å². The molecule has 0 amide bonds. The number of carbonyl (C=O) groups is 1. The molecule has 4 unspecified atom stereocenters. The highest BCUT2D eigenvalue weighted by Crippen LogP contribution is 2.35. The highest BCUT2D eigenvalue weighted by Gasteiger charge is 2.38. The van der Waals surface area contributed by atoms with Crippen molar-refractivity contribution in [2.75, 3.05) is 19.8 Å². The Labute approximate surface area is 212 Å². The summed E-state index contributed by atoms with van der Waals surface area (Å²) in [6.07, 6.45) is -2.54. The van der Waals surface area contributed by atoms with Gasteiger partial charge >= 0.3 is 6.16 Å². The summed E-state index contributed by atoms with van der Waals surface area (Å²) in [5, 5.41) is 21.0. The zero-order chi connectivity index (χ0) is 25.9. The standard InChI is InChI=1S/C28H36O8/c1-5-18-7-8-19(14-20(18)12-17-6-9-22-24(13-17)33-11-10-32-22)23-15-21(29)26(30)25(35-23)16-34-27(31)36-28(2,3)4/h6-9,13-14,21,23,25-26,29-30H,5,10-12,15-16H2,1-4H3. The fourth-order valence-electron chi connectivity index (χ4n) is 4.51. The van der Waals surface area contributed by atoms with E-state index >= 15 is 0 Å². The van der Waals surface area contributed by atoms with Crippen LogP contribution in [0.5, 0.6) is 11.5 Å². The number of hydrogen-bond donors (Lipinski definition) is 2. The van der Waals surface area contributed by atoms with Gasteiger partial charge in [-0.05, 0) is 68.0 Å². The molecule has 196 valence electrons. The Balaban J connectivity index is 1.49. The number of carbonyl (C=O) groups excluding carboxylic acids is 1. The third-order valence-electron chi connectivity index (χ3n) is 6.31. The predicted octanol–water partition coefficient (Wildman–Crippen LogP) is 4.11. The van der Waals surface area contributed by atoms with Crippen LogP contribution < -0.4 is 9.47 Å². The summed E-state index contributed by atoms with van der Waals surface area (Å²) < 4.78 is 27.8. The van der Waals surface area contributed by atoms with Gasteiger partial charge in [0.2, 0.25) is 0 Å². The monoisotopic (exact) mass is 500 g/mol. The quantitative estimate of drug-likeness (QED) is 0.571. The normalized spacial score (nSPS) is 23.7. The largest absolute Gasteiger partial charge is 0.508 e. The van der Waals surface area contributed by atoms with Gasteiger partial charge in [0.15, 0.2) is 11.5 Å². The Hall–Kier alpha value is -2.81. The van der Waals surface area contributed by atoms with Crippen molar-refractivity contribution in [1.82, 2.24) is 0 Å². The Kier molecular flexibility index (Phi) is 8.07. The summed E-state index contributed by atoms with van der Waals surface area (Å²) >= 11 is 0. The van der Waals surface area contributed by atoms with E-state index in [1.54, 1.807) is 20.8 Å². The van der Waals surface area contributed by atoms with Crippen LogP contribution in [-0.2, 0) is 27.1 Å². The van der Waals surface area contributed by atoms with Gasteiger partial charge in [-0.3, -0.25) is 0 Å². The van der Waals surface area contributed by atoms with E-state index in [4.69, 9.17) is 23.7 Å². The molecular weight excluding hydrogens is 464 g/mol. The third kappa shape index (κ3) is 6.49. The van der Waals surface area contributed by atoms with Gasteiger partial charge in [0.1, 0.15) is 37.6 Å². The Morgan fingerprint density at radius 2 is 1.78 bits per heavy atom. The molecule has 0 radical (unpaired) electrons. The van der Waals surface area contributed by atoms with Crippen molar-refractivity contribution in [2.24, 2.45) is 0 Å². The fraction of sp³-hybridized carbons (Fsp3) is 0.536. The van der Waals surface area contributed by atoms with Crippen molar-refractivity contribution >= 4 is 6.16 Å². The van der Waals surface area contributed by atoms with Gasteiger partial charge in [0.05, 0.1) is 12.2 Å². The SMILES string of the molecule is CCc1ccc(C2CC(O)C(O)C(COC(=O)OC(C)(C)C)O2)cc1Cc1ccc2c(c1)OCCO2. The first kappa shape index (κ1) is 26.3. The minimum Gasteiger partial charge on any atom is -0.486 e. The molecule has 8 nitrogen and oxygen atoms in total. The van der Waals surface area contributed by atoms with E-state index in [1.807, 2.05) is 24.3 Å². The molecule has 2 aliphatic rings. The highest BCUT2D eigenvalue weighted by molar-refractivity contribution is 5.60. The molecule has 4 atom stereocenters. The third-order valence-corrected chi connectivity index (χ3v) is 6.31. The molecule has 0 spiro atoms. The molecule has 0 aliphatic carbocycles. The number of aliphatic hydroxyl groups excluding tert-OH is 2. The molecule has 8 heteroatoms. The van der Waals surface area contributed by atoms with Gasteiger partial charge in [0.25, 0.3) is 0 Å². The maximum Gasteiger partial charge on any atom is 0.508 e. The van der Waals surface area contributed by atoms with E-state index < -0.39 is 36.2 Å². The molecule has 0 bridgehead atoms. The second-order valence-electron chi connectivity index (χ2n) is 10.3. The number of hydrogen-bond acceptors (Lipinski definition) is 8. The number of aryl methyl sites for hydroxylation is 1. The summed E-state index contributed by atoms with van der Waals surface area (Å²) in [5.41, 5.74) is 3.68. The van der Waals surface area contributed by atoms with E-state index in [0.29, 0.717) is 19.6 Å². The first-order valence-electron chi connectivity index (χ1n) is 12.5. The number of aliphatic hydroxyl groups is 2. The van der Waals surface area contributed by atoms with Gasteiger partial charge in [-0.1, -0.05) is 31.2 Å². The first-order valence-corrected chi connectivity index (χ1v) is 12.5. The van der Waals surface area contributed by atoms with E-state index in [1.165, 1.54) is 5.56 Å². The molecule has 2 aromatic carbocycles. The van der Waals surface area contributed by atoms with E-state index in [9.17, 15) is 15.0 Å². The molecule has 36 heavy (non-hydrogen) atoms. The van der Waals surface area contributed by atoms with Gasteiger partial charge in [-0.15, -0.1) is 0 Å². The van der Waals surface area contributed by atoms with Crippen LogP contribution in [0.25, 0.3) is 0 Å². The van der Waals surface area contributed by atoms with Gasteiger partial charge in [-0.25, -0.2) is 4.79 Å². The minimum absolute atomic E-state index is 0.221. The average molecular weight is 501 g/mol. The summed E-state index contributed by atoms with van der Waals surface area (Å²) in [6, 6.07) is 12.2. The van der Waals surface area contributed by atoms with Gasteiger partial charge < -0.3 is 33.9 Å². The summed E-state index contributed by atoms with van der Waals surface area (Å²) in [6.45, 7) is 8.20. The number of benzene rings is 2. The van der Waals surface area contributed by atoms with E-state index in [2.05, 4.69) is 19.1 Å². The molecule has 4 rings (SSSR count).